The number of rotatable bonds is 7. The Kier molecular flexibility index (Phi) is 7.43. The van der Waals surface area contributed by atoms with Gasteiger partial charge in [-0.15, -0.1) is 0 Å². The zero-order chi connectivity index (χ0) is 21.4. The molecule has 2 amide bonds. The number of hydrogen-bond donors (Lipinski definition) is 4. The number of allylic oxidation sites excluding steroid dienone is 1. The number of hydrazine groups is 1. The van der Waals surface area contributed by atoms with Crippen LogP contribution < -0.4 is 27.2 Å². The fraction of sp³-hybridized carbons (Fsp3) is 0.211. The van der Waals surface area contributed by atoms with E-state index in [-0.39, 0.29) is 5.69 Å². The van der Waals surface area contributed by atoms with Gasteiger partial charge in [0.1, 0.15) is 0 Å². The SMILES string of the molecule is N/C(=C\N(N)c1ccc(NC(=O)Nc2ccccc2C(F)(F)F)cc1)CCCF. The lowest BCUT2D eigenvalue weighted by atomic mass is 10.1. The minimum atomic E-state index is -4.59. The molecule has 2 aromatic rings. The molecule has 0 unspecified atom stereocenters. The van der Waals surface area contributed by atoms with E-state index < -0.39 is 24.4 Å². The Morgan fingerprint density at radius 2 is 1.72 bits per heavy atom. The first-order valence-electron chi connectivity index (χ1n) is 8.61. The van der Waals surface area contributed by atoms with Crippen molar-refractivity contribution < 1.29 is 22.4 Å². The summed E-state index contributed by atoms with van der Waals surface area (Å²) in [5, 5.41) is 5.88. The normalized spacial score (nSPS) is 11.8. The fourth-order valence-corrected chi connectivity index (χ4v) is 2.43. The van der Waals surface area contributed by atoms with E-state index in [1.807, 2.05) is 0 Å². The number of carbonyl (C=O) groups is 1. The fourth-order valence-electron chi connectivity index (χ4n) is 2.43. The van der Waals surface area contributed by atoms with Crippen LogP contribution in [0.15, 0.2) is 60.4 Å². The Labute approximate surface area is 165 Å². The second kappa shape index (κ2) is 9.78. The summed E-state index contributed by atoms with van der Waals surface area (Å²) < 4.78 is 51.1. The second-order valence-electron chi connectivity index (χ2n) is 6.07. The van der Waals surface area contributed by atoms with Gasteiger partial charge in [0.25, 0.3) is 0 Å². The Hall–Kier alpha value is -3.27. The van der Waals surface area contributed by atoms with Gasteiger partial charge in [-0.2, -0.15) is 13.2 Å². The topological polar surface area (TPSA) is 96.4 Å². The van der Waals surface area contributed by atoms with Crippen LogP contribution in [0.2, 0.25) is 0 Å². The number of nitrogens with one attached hydrogen (secondary N) is 2. The average Bonchev–Trinajstić information content (AvgIpc) is 2.66. The van der Waals surface area contributed by atoms with Crippen molar-refractivity contribution >= 4 is 23.1 Å². The quantitative estimate of drug-likeness (QED) is 0.305. The maximum atomic E-state index is 13.0. The van der Waals surface area contributed by atoms with Gasteiger partial charge in [0.2, 0.25) is 0 Å². The van der Waals surface area contributed by atoms with Crippen LogP contribution in [0.3, 0.4) is 0 Å². The molecule has 0 saturated heterocycles. The molecule has 0 aliphatic carbocycles. The second-order valence-corrected chi connectivity index (χ2v) is 6.07. The molecule has 6 nitrogen and oxygen atoms in total. The molecule has 0 bridgehead atoms. The number of nitrogens with two attached hydrogens (primary N) is 2. The van der Waals surface area contributed by atoms with Crippen molar-refractivity contribution in [3.8, 4) is 0 Å². The highest BCUT2D eigenvalue weighted by molar-refractivity contribution is 6.00. The van der Waals surface area contributed by atoms with Crippen LogP contribution in [0.5, 0.6) is 0 Å². The Morgan fingerprint density at radius 1 is 1.07 bits per heavy atom. The first-order valence-corrected chi connectivity index (χ1v) is 8.61. The third kappa shape index (κ3) is 6.68. The number of hydrogen-bond acceptors (Lipinski definition) is 4. The molecule has 0 fully saturated rings. The highest BCUT2D eigenvalue weighted by atomic mass is 19.4. The molecule has 0 saturated carbocycles. The molecule has 0 atom stereocenters. The van der Waals surface area contributed by atoms with Gasteiger partial charge in [-0.25, -0.2) is 10.6 Å². The summed E-state index contributed by atoms with van der Waals surface area (Å²) in [6.07, 6.45) is -2.47. The molecular formula is C19H21F4N5O. The number of nitrogens with zero attached hydrogens (tertiary/aromatic N) is 1. The first-order chi connectivity index (χ1) is 13.7. The summed E-state index contributed by atoms with van der Waals surface area (Å²) in [4.78, 5) is 12.0. The maximum absolute atomic E-state index is 13.0. The molecule has 2 aromatic carbocycles. The van der Waals surface area contributed by atoms with Gasteiger partial charge in [-0.05, 0) is 49.2 Å². The zero-order valence-electron chi connectivity index (χ0n) is 15.3. The van der Waals surface area contributed by atoms with Crippen LogP contribution in [0.1, 0.15) is 18.4 Å². The molecule has 0 aliphatic heterocycles. The third-order valence-electron chi connectivity index (χ3n) is 3.81. The third-order valence-corrected chi connectivity index (χ3v) is 3.81. The molecule has 2 rings (SSSR count). The van der Waals surface area contributed by atoms with Gasteiger partial charge in [0.15, 0.2) is 0 Å². The maximum Gasteiger partial charge on any atom is 0.418 e. The van der Waals surface area contributed by atoms with Crippen molar-refractivity contribution in [1.29, 1.82) is 0 Å². The summed E-state index contributed by atoms with van der Waals surface area (Å²) in [6, 6.07) is 10.1. The molecule has 156 valence electrons. The van der Waals surface area contributed by atoms with Crippen LogP contribution in [-0.2, 0) is 6.18 Å². The Morgan fingerprint density at radius 3 is 2.34 bits per heavy atom. The van der Waals surface area contributed by atoms with Crippen molar-refractivity contribution in [1.82, 2.24) is 0 Å². The van der Waals surface area contributed by atoms with Gasteiger partial charge in [0, 0.05) is 17.6 Å². The lowest BCUT2D eigenvalue weighted by Gasteiger charge is -2.16. The predicted octanol–water partition coefficient (Wildman–Crippen LogP) is 4.58. The van der Waals surface area contributed by atoms with Crippen molar-refractivity contribution in [3.63, 3.8) is 0 Å². The summed E-state index contributed by atoms with van der Waals surface area (Å²) in [6.45, 7) is -0.477. The summed E-state index contributed by atoms with van der Waals surface area (Å²) >= 11 is 0. The zero-order valence-corrected chi connectivity index (χ0v) is 15.3. The summed E-state index contributed by atoms with van der Waals surface area (Å²) in [5.41, 5.74) is 5.74. The van der Waals surface area contributed by atoms with E-state index in [0.29, 0.717) is 29.9 Å². The Balaban J connectivity index is 2.01. The largest absolute Gasteiger partial charge is 0.418 e. The standard InChI is InChI=1S/C19H21F4N5O/c20-11-3-4-13(24)12-28(25)15-9-7-14(8-10-15)26-18(29)27-17-6-2-1-5-16(17)19(21,22)23/h1-2,5-10,12H,3-4,11,24-25H2,(H2,26,27,29)/b13-12-. The van der Waals surface area contributed by atoms with E-state index in [1.165, 1.54) is 35.5 Å². The number of benzene rings is 2. The van der Waals surface area contributed by atoms with E-state index in [4.69, 9.17) is 11.6 Å². The van der Waals surface area contributed by atoms with Gasteiger partial charge >= 0.3 is 12.2 Å². The molecule has 0 heterocycles. The number of para-hydroxylation sites is 1. The minimum absolute atomic E-state index is 0.297. The highest BCUT2D eigenvalue weighted by Gasteiger charge is 2.33. The van der Waals surface area contributed by atoms with E-state index in [2.05, 4.69) is 10.6 Å². The molecule has 10 heteroatoms. The summed E-state index contributed by atoms with van der Waals surface area (Å²) in [7, 11) is 0. The van der Waals surface area contributed by atoms with Crippen LogP contribution in [-0.4, -0.2) is 12.7 Å². The monoisotopic (exact) mass is 411 g/mol. The van der Waals surface area contributed by atoms with Gasteiger partial charge in [-0.1, -0.05) is 12.1 Å². The Bertz CT molecular complexity index is 852. The molecule has 0 spiro atoms. The van der Waals surface area contributed by atoms with Crippen LogP contribution in [0.25, 0.3) is 0 Å². The molecule has 0 aromatic heterocycles. The van der Waals surface area contributed by atoms with E-state index in [9.17, 15) is 22.4 Å². The molecular weight excluding hydrogens is 390 g/mol. The average molecular weight is 411 g/mol. The number of halogens is 4. The van der Waals surface area contributed by atoms with Crippen LogP contribution >= 0.6 is 0 Å². The highest BCUT2D eigenvalue weighted by Crippen LogP contribution is 2.34. The minimum Gasteiger partial charge on any atom is -0.401 e. The molecule has 0 radical (unpaired) electrons. The molecule has 29 heavy (non-hydrogen) atoms. The van der Waals surface area contributed by atoms with E-state index in [1.54, 1.807) is 12.1 Å². The summed E-state index contributed by atoms with van der Waals surface area (Å²) in [5.74, 6) is 5.86. The van der Waals surface area contributed by atoms with Crippen LogP contribution in [0, 0.1) is 0 Å². The van der Waals surface area contributed by atoms with Gasteiger partial charge in [0.05, 0.1) is 23.6 Å². The number of anilines is 3. The number of amides is 2. The predicted molar refractivity (Wildman–Crippen MR) is 105 cm³/mol. The molecule has 0 aliphatic rings. The van der Waals surface area contributed by atoms with Gasteiger partial charge < -0.3 is 16.4 Å². The van der Waals surface area contributed by atoms with Crippen molar-refractivity contribution in [2.24, 2.45) is 11.6 Å². The lowest BCUT2D eigenvalue weighted by molar-refractivity contribution is -0.136. The van der Waals surface area contributed by atoms with Crippen molar-refractivity contribution in [2.75, 3.05) is 22.3 Å². The van der Waals surface area contributed by atoms with Gasteiger partial charge in [-0.3, -0.25) is 9.40 Å². The van der Waals surface area contributed by atoms with Crippen molar-refractivity contribution in [3.05, 3.63) is 66.0 Å². The van der Waals surface area contributed by atoms with Crippen molar-refractivity contribution in [2.45, 2.75) is 19.0 Å². The first kappa shape index (κ1) is 22.0. The molecule has 6 N–H and O–H groups in total. The van der Waals surface area contributed by atoms with E-state index >= 15 is 0 Å². The van der Waals surface area contributed by atoms with E-state index in [0.717, 1.165) is 12.1 Å². The van der Waals surface area contributed by atoms with Crippen LogP contribution in [0.4, 0.5) is 39.4 Å². The number of carbonyl (C=O) groups excluding carboxylic acids is 1. The number of urea groups is 1. The number of alkyl halides is 4. The lowest BCUT2D eigenvalue weighted by Crippen LogP contribution is -2.26. The smallest absolute Gasteiger partial charge is 0.401 e.